The van der Waals surface area contributed by atoms with Gasteiger partial charge in [0.15, 0.2) is 0 Å². The number of nitriles is 2. The molecule has 11 heteroatoms. The van der Waals surface area contributed by atoms with E-state index in [0.717, 1.165) is 59.9 Å². The van der Waals surface area contributed by atoms with Crippen LogP contribution in [0.4, 0.5) is 0 Å². The van der Waals surface area contributed by atoms with Crippen LogP contribution < -0.4 is 0 Å². The maximum Gasteiger partial charge on any atom is 0.105 e. The van der Waals surface area contributed by atoms with Gasteiger partial charge >= 0.3 is 0 Å². The largest absolute Gasteiger partial charge is 0.298 e. The SMILES string of the molecule is N#C/C(=C\c1ccc(-c2ccc(C3=CC=C(c4ccc(-c5ccc(/C=C(\C#N)c6cccs6)s5)s4)C(=NS)C3=N)s2)s1)c1cccs1. The minimum absolute atomic E-state index is 0.339. The lowest BCUT2D eigenvalue weighted by Crippen LogP contribution is -2.18. The Hall–Kier alpha value is -4.17. The zero-order valence-electron chi connectivity index (χ0n) is 24.1. The molecule has 0 amide bonds. The van der Waals surface area contributed by atoms with Gasteiger partial charge in [0, 0.05) is 59.9 Å². The van der Waals surface area contributed by atoms with Crippen LogP contribution >= 0.6 is 80.8 Å². The van der Waals surface area contributed by atoms with Crippen molar-refractivity contribution in [2.24, 2.45) is 4.40 Å². The minimum atomic E-state index is 0.339. The molecule has 1 aliphatic carbocycles. The van der Waals surface area contributed by atoms with E-state index >= 15 is 0 Å². The lowest BCUT2D eigenvalue weighted by Gasteiger charge is -2.16. The molecule has 0 spiro atoms. The van der Waals surface area contributed by atoms with Gasteiger partial charge in [-0.25, -0.2) is 4.40 Å². The van der Waals surface area contributed by atoms with E-state index in [-0.39, 0.29) is 0 Å². The van der Waals surface area contributed by atoms with Gasteiger partial charge in [-0.1, -0.05) is 24.3 Å². The molecule has 0 bridgehead atoms. The third-order valence-corrected chi connectivity index (χ3v) is 13.8. The average molecular weight is 733 g/mol. The third kappa shape index (κ3) is 6.53. The van der Waals surface area contributed by atoms with Gasteiger partial charge in [0.1, 0.15) is 17.9 Å². The van der Waals surface area contributed by atoms with Crippen LogP contribution in [0, 0.1) is 28.1 Å². The summed E-state index contributed by atoms with van der Waals surface area (Å²) in [6.07, 6.45) is 7.91. The summed E-state index contributed by atoms with van der Waals surface area (Å²) in [5.41, 5.74) is 3.89. The molecular weight excluding hydrogens is 713 g/mol. The van der Waals surface area contributed by atoms with Crippen LogP contribution in [0.1, 0.15) is 29.3 Å². The third-order valence-electron chi connectivity index (χ3n) is 7.15. The Morgan fingerprint density at radius 1 is 0.617 bits per heavy atom. The molecule has 6 heterocycles. The molecule has 0 saturated carbocycles. The summed E-state index contributed by atoms with van der Waals surface area (Å²) in [4.78, 5) is 10.4. The molecule has 6 aromatic heterocycles. The highest BCUT2D eigenvalue weighted by molar-refractivity contribution is 7.79. The predicted octanol–water partition coefficient (Wildman–Crippen LogP) is 12.3. The average Bonchev–Trinajstić information content (AvgIpc) is 3.94. The number of hydrogen-bond donors (Lipinski definition) is 2. The van der Waals surface area contributed by atoms with Gasteiger partial charge < -0.3 is 0 Å². The first-order chi connectivity index (χ1) is 23.0. The van der Waals surface area contributed by atoms with Gasteiger partial charge in [-0.3, -0.25) is 5.41 Å². The normalized spacial score (nSPS) is 14.6. The number of rotatable bonds is 8. The molecule has 0 saturated heterocycles. The zero-order chi connectivity index (χ0) is 32.3. The first-order valence-corrected chi connectivity index (χ1v) is 19.4. The van der Waals surface area contributed by atoms with Gasteiger partial charge in [-0.05, 0) is 96.4 Å². The molecule has 7 rings (SSSR count). The molecule has 1 aliphatic rings. The van der Waals surface area contributed by atoms with E-state index in [4.69, 9.17) is 5.41 Å². The van der Waals surface area contributed by atoms with Gasteiger partial charge in [0.2, 0.25) is 0 Å². The molecule has 0 radical (unpaired) electrons. The molecule has 0 fully saturated rings. The Kier molecular flexibility index (Phi) is 9.30. The highest BCUT2D eigenvalue weighted by Gasteiger charge is 2.25. The topological polar surface area (TPSA) is 83.8 Å². The van der Waals surface area contributed by atoms with Crippen LogP contribution in [0.3, 0.4) is 0 Å². The van der Waals surface area contributed by atoms with Crippen molar-refractivity contribution in [3.05, 3.63) is 125 Å². The van der Waals surface area contributed by atoms with Crippen molar-refractivity contribution in [3.8, 4) is 31.6 Å². The molecule has 0 aromatic carbocycles. The van der Waals surface area contributed by atoms with E-state index < -0.39 is 0 Å². The second-order valence-electron chi connectivity index (χ2n) is 10.0. The number of thiol groups is 1. The smallest absolute Gasteiger partial charge is 0.105 e. The van der Waals surface area contributed by atoms with E-state index in [9.17, 15) is 10.5 Å². The quantitative estimate of drug-likeness (QED) is 0.0927. The highest BCUT2D eigenvalue weighted by atomic mass is 32.1. The van der Waals surface area contributed by atoms with Gasteiger partial charge in [-0.2, -0.15) is 10.5 Å². The van der Waals surface area contributed by atoms with E-state index in [2.05, 4.69) is 65.7 Å². The summed E-state index contributed by atoms with van der Waals surface area (Å²) in [6, 6.07) is 29.1. The van der Waals surface area contributed by atoms with Crippen molar-refractivity contribution in [1.82, 2.24) is 0 Å². The molecule has 0 aliphatic heterocycles. The number of nitrogens with one attached hydrogen (secondary N) is 1. The number of allylic oxidation sites excluding steroid dienone is 6. The Labute approximate surface area is 301 Å². The Balaban J connectivity index is 1.12. The minimum Gasteiger partial charge on any atom is -0.298 e. The van der Waals surface area contributed by atoms with E-state index in [1.165, 1.54) is 0 Å². The van der Waals surface area contributed by atoms with Crippen molar-refractivity contribution < 1.29 is 0 Å². The molecule has 6 aromatic rings. The van der Waals surface area contributed by atoms with Crippen molar-refractivity contribution >= 4 is 127 Å². The van der Waals surface area contributed by atoms with Gasteiger partial charge in [-0.15, -0.1) is 68.0 Å². The maximum atomic E-state index is 9.65. The Morgan fingerprint density at radius 3 is 1.53 bits per heavy atom. The summed E-state index contributed by atoms with van der Waals surface area (Å²) < 4.78 is 4.26. The molecule has 4 nitrogen and oxygen atoms in total. The fourth-order valence-corrected chi connectivity index (χ4v) is 10.7. The Morgan fingerprint density at radius 2 is 1.06 bits per heavy atom. The molecular formula is C36H20N4S7. The van der Waals surface area contributed by atoms with Crippen molar-refractivity contribution in [3.63, 3.8) is 0 Å². The van der Waals surface area contributed by atoms with Gasteiger partial charge in [0.05, 0.1) is 16.9 Å². The van der Waals surface area contributed by atoms with Crippen molar-refractivity contribution in [1.29, 1.82) is 15.9 Å². The van der Waals surface area contributed by atoms with Crippen LogP contribution in [-0.2, 0) is 0 Å². The first-order valence-electron chi connectivity index (χ1n) is 14.0. The summed E-state index contributed by atoms with van der Waals surface area (Å²) in [5.74, 6) is 0. The molecule has 226 valence electrons. The lowest BCUT2D eigenvalue weighted by atomic mass is 9.92. The zero-order valence-corrected chi connectivity index (χ0v) is 29.9. The summed E-state index contributed by atoms with van der Waals surface area (Å²) in [5, 5.41) is 32.3. The summed E-state index contributed by atoms with van der Waals surface area (Å²) in [7, 11) is 0. The number of nitrogens with zero attached hydrogens (tertiary/aromatic N) is 3. The summed E-state index contributed by atoms with van der Waals surface area (Å²) in [6.45, 7) is 0. The fourth-order valence-electron chi connectivity index (χ4n) is 4.92. The van der Waals surface area contributed by atoms with E-state index in [1.807, 2.05) is 71.5 Å². The van der Waals surface area contributed by atoms with Gasteiger partial charge in [0.25, 0.3) is 0 Å². The molecule has 1 N–H and O–H groups in total. The summed E-state index contributed by atoms with van der Waals surface area (Å²) >= 11 is 14.0. The van der Waals surface area contributed by atoms with Crippen LogP contribution in [0.2, 0.25) is 0 Å². The second-order valence-corrected chi connectivity index (χ2v) is 16.5. The first kappa shape index (κ1) is 31.4. The second kappa shape index (κ2) is 13.9. The Bertz CT molecular complexity index is 2350. The molecule has 0 unspecified atom stereocenters. The monoisotopic (exact) mass is 732 g/mol. The maximum absolute atomic E-state index is 9.65. The standard InChI is InChI=1S/C36H20N4S7/c37-19-21(27-3-1-15-42-27)17-23-5-9-31(44-23)33-13-11-29(46-33)25-7-8-26(36(40-41)35(25)39)30-12-14-34(47-30)32-10-6-24(45-32)18-22(20-38)28-4-2-16-43-28/h1-18,39,41H/b21-17+,22-18+,39-35?,40-36?. The lowest BCUT2D eigenvalue weighted by molar-refractivity contribution is 1.54. The van der Waals surface area contributed by atoms with Crippen molar-refractivity contribution in [2.45, 2.75) is 0 Å². The highest BCUT2D eigenvalue weighted by Crippen LogP contribution is 2.41. The molecule has 47 heavy (non-hydrogen) atoms. The van der Waals surface area contributed by atoms with E-state index in [1.54, 1.807) is 68.0 Å². The van der Waals surface area contributed by atoms with Crippen LogP contribution in [0.5, 0.6) is 0 Å². The van der Waals surface area contributed by atoms with Crippen LogP contribution in [0.15, 0.2) is 100 Å². The number of hydrogen-bond acceptors (Lipinski definition) is 11. The van der Waals surface area contributed by atoms with Crippen molar-refractivity contribution in [2.75, 3.05) is 0 Å². The van der Waals surface area contributed by atoms with Crippen LogP contribution in [-0.4, -0.2) is 11.4 Å². The fraction of sp³-hybridized carbons (Fsp3) is 0. The van der Waals surface area contributed by atoms with E-state index in [0.29, 0.717) is 22.6 Å². The number of thiophene rings is 6. The molecule has 0 atom stereocenters. The predicted molar refractivity (Wildman–Crippen MR) is 211 cm³/mol. The van der Waals surface area contributed by atoms with Crippen LogP contribution in [0.25, 0.3) is 54.0 Å².